The van der Waals surface area contributed by atoms with Crippen LogP contribution in [0.2, 0.25) is 0 Å². The molecule has 1 unspecified atom stereocenters. The summed E-state index contributed by atoms with van der Waals surface area (Å²) >= 11 is 0. The third kappa shape index (κ3) is 3.76. The van der Waals surface area contributed by atoms with Crippen molar-refractivity contribution in [3.8, 4) is 6.07 Å². The number of hydrogen-bond donors (Lipinski definition) is 0. The molecule has 112 valence electrons. The lowest BCUT2D eigenvalue weighted by Crippen LogP contribution is -2.51. The van der Waals surface area contributed by atoms with Crippen molar-refractivity contribution in [2.45, 2.75) is 25.8 Å². The lowest BCUT2D eigenvalue weighted by atomic mass is 10.1. The molecule has 2 rings (SSSR count). The van der Waals surface area contributed by atoms with Crippen LogP contribution in [0, 0.1) is 17.1 Å². The topological polar surface area (TPSA) is 60.2 Å². The van der Waals surface area contributed by atoms with Gasteiger partial charge in [0.2, 0.25) is 0 Å². The maximum absolute atomic E-state index is 13.1. The van der Waals surface area contributed by atoms with Gasteiger partial charge in [0, 0.05) is 32.4 Å². The molecule has 0 spiro atoms. The Hall–Kier alpha value is -2.00. The average molecular weight is 290 g/mol. The number of rotatable bonds is 4. The van der Waals surface area contributed by atoms with Gasteiger partial charge in [0.15, 0.2) is 0 Å². The van der Waals surface area contributed by atoms with Gasteiger partial charge < -0.3 is 4.90 Å². The van der Waals surface area contributed by atoms with Gasteiger partial charge in [-0.05, 0) is 12.5 Å². The van der Waals surface area contributed by atoms with Crippen molar-refractivity contribution >= 4 is 5.91 Å². The Bertz CT molecular complexity index is 535. The highest BCUT2D eigenvalue weighted by molar-refractivity contribution is 5.94. The number of carbonyl (C=O) groups excluding carboxylic acids is 1. The minimum Gasteiger partial charge on any atom is -0.336 e. The third-order valence-electron chi connectivity index (χ3n) is 3.71. The Kier molecular flexibility index (Phi) is 5.23. The van der Waals surface area contributed by atoms with E-state index in [1.165, 1.54) is 12.3 Å². The van der Waals surface area contributed by atoms with Crippen LogP contribution in [0.3, 0.4) is 0 Å². The lowest BCUT2D eigenvalue weighted by Gasteiger charge is -2.36. The molecule has 6 heteroatoms. The molecule has 1 aromatic heterocycles. The fourth-order valence-corrected chi connectivity index (χ4v) is 2.55. The summed E-state index contributed by atoms with van der Waals surface area (Å²) in [6.07, 6.45) is 4.27. The minimum absolute atomic E-state index is 0.0805. The number of nitriles is 1. The molecule has 0 radical (unpaired) electrons. The Balaban J connectivity index is 1.95. The number of halogens is 1. The van der Waals surface area contributed by atoms with Crippen molar-refractivity contribution in [1.82, 2.24) is 14.8 Å². The molecule has 0 N–H and O–H groups in total. The summed E-state index contributed by atoms with van der Waals surface area (Å²) in [6, 6.07) is 3.44. The van der Waals surface area contributed by atoms with E-state index < -0.39 is 5.82 Å². The molecular weight excluding hydrogens is 271 g/mol. The molecule has 1 saturated heterocycles. The van der Waals surface area contributed by atoms with E-state index in [0.717, 1.165) is 19.0 Å². The number of nitrogens with zero attached hydrogens (tertiary/aromatic N) is 4. The summed E-state index contributed by atoms with van der Waals surface area (Å²) in [5, 5.41) is 9.17. The van der Waals surface area contributed by atoms with E-state index in [0.29, 0.717) is 26.2 Å². The van der Waals surface area contributed by atoms with Crippen molar-refractivity contribution < 1.29 is 9.18 Å². The number of piperazine rings is 1. The first kappa shape index (κ1) is 15.4. The van der Waals surface area contributed by atoms with E-state index in [1.807, 2.05) is 0 Å². The van der Waals surface area contributed by atoms with Crippen LogP contribution in [-0.4, -0.2) is 52.9 Å². The van der Waals surface area contributed by atoms with Gasteiger partial charge in [0.1, 0.15) is 5.82 Å². The Morgan fingerprint density at radius 3 is 2.71 bits per heavy atom. The summed E-state index contributed by atoms with van der Waals surface area (Å²) in [4.78, 5) is 19.8. The number of aromatic nitrogens is 1. The monoisotopic (exact) mass is 290 g/mol. The zero-order valence-electron chi connectivity index (χ0n) is 12.1. The fourth-order valence-electron chi connectivity index (χ4n) is 2.55. The molecule has 1 aliphatic rings. The smallest absolute Gasteiger partial charge is 0.255 e. The summed E-state index contributed by atoms with van der Waals surface area (Å²) in [5.41, 5.74) is 0.272. The molecule has 1 aliphatic heterocycles. The highest BCUT2D eigenvalue weighted by Crippen LogP contribution is 2.13. The standard InChI is InChI=1S/C15H19FN4O/c1-2-3-14(9-17)19-4-6-20(7-5-19)15(21)12-8-13(16)11-18-10-12/h8,10-11,14H,2-7H2,1H3. The molecule has 1 aromatic rings. The van der Waals surface area contributed by atoms with E-state index in [2.05, 4.69) is 22.9 Å². The van der Waals surface area contributed by atoms with Crippen molar-refractivity contribution in [3.63, 3.8) is 0 Å². The summed E-state index contributed by atoms with van der Waals surface area (Å²) < 4.78 is 13.1. The summed E-state index contributed by atoms with van der Waals surface area (Å²) in [7, 11) is 0. The maximum Gasteiger partial charge on any atom is 0.255 e. The molecule has 0 aromatic carbocycles. The predicted octanol–water partition coefficient (Wildman–Crippen LogP) is 1.67. The first-order chi connectivity index (χ1) is 10.2. The number of pyridine rings is 1. The van der Waals surface area contributed by atoms with Gasteiger partial charge in [-0.15, -0.1) is 0 Å². The predicted molar refractivity (Wildman–Crippen MR) is 76.0 cm³/mol. The molecule has 2 heterocycles. The van der Waals surface area contributed by atoms with Crippen LogP contribution >= 0.6 is 0 Å². The third-order valence-corrected chi connectivity index (χ3v) is 3.71. The number of hydrogen-bond acceptors (Lipinski definition) is 4. The van der Waals surface area contributed by atoms with E-state index in [4.69, 9.17) is 0 Å². The van der Waals surface area contributed by atoms with Crippen LogP contribution in [0.15, 0.2) is 18.5 Å². The second-order valence-electron chi connectivity index (χ2n) is 5.15. The van der Waals surface area contributed by atoms with Crippen LogP contribution in [0.4, 0.5) is 4.39 Å². The van der Waals surface area contributed by atoms with Crippen LogP contribution in [0.5, 0.6) is 0 Å². The van der Waals surface area contributed by atoms with Crippen molar-refractivity contribution in [2.75, 3.05) is 26.2 Å². The molecule has 1 atom stereocenters. The molecule has 21 heavy (non-hydrogen) atoms. The number of amides is 1. The van der Waals surface area contributed by atoms with Gasteiger partial charge in [0.25, 0.3) is 5.91 Å². The molecule has 5 nitrogen and oxygen atoms in total. The molecule has 0 bridgehead atoms. The highest BCUT2D eigenvalue weighted by atomic mass is 19.1. The van der Waals surface area contributed by atoms with E-state index in [-0.39, 0.29) is 17.5 Å². The number of carbonyl (C=O) groups is 1. The lowest BCUT2D eigenvalue weighted by molar-refractivity contribution is 0.0600. The van der Waals surface area contributed by atoms with Crippen LogP contribution in [-0.2, 0) is 0 Å². The van der Waals surface area contributed by atoms with E-state index in [9.17, 15) is 14.4 Å². The zero-order chi connectivity index (χ0) is 15.2. The van der Waals surface area contributed by atoms with Crippen LogP contribution < -0.4 is 0 Å². The Morgan fingerprint density at radius 1 is 1.43 bits per heavy atom. The molecule has 1 amide bonds. The van der Waals surface area contributed by atoms with Crippen molar-refractivity contribution in [3.05, 3.63) is 29.8 Å². The summed E-state index contributed by atoms with van der Waals surface area (Å²) in [6.45, 7) is 4.51. The molecule has 0 aliphatic carbocycles. The highest BCUT2D eigenvalue weighted by Gasteiger charge is 2.26. The minimum atomic E-state index is -0.507. The normalized spacial score (nSPS) is 17.3. The summed E-state index contributed by atoms with van der Waals surface area (Å²) in [5.74, 6) is -0.711. The Labute approximate surface area is 124 Å². The SMILES string of the molecule is CCCC(C#N)N1CCN(C(=O)c2cncc(F)c2)CC1. The second kappa shape index (κ2) is 7.14. The van der Waals surface area contributed by atoms with Gasteiger partial charge in [-0.3, -0.25) is 14.7 Å². The van der Waals surface area contributed by atoms with E-state index in [1.54, 1.807) is 4.90 Å². The largest absolute Gasteiger partial charge is 0.336 e. The van der Waals surface area contributed by atoms with Crippen LogP contribution in [0.1, 0.15) is 30.1 Å². The van der Waals surface area contributed by atoms with Crippen LogP contribution in [0.25, 0.3) is 0 Å². The maximum atomic E-state index is 13.1. The van der Waals surface area contributed by atoms with E-state index >= 15 is 0 Å². The molecule has 0 saturated carbocycles. The quantitative estimate of drug-likeness (QED) is 0.846. The van der Waals surface area contributed by atoms with Crippen molar-refractivity contribution in [1.29, 1.82) is 5.26 Å². The van der Waals surface area contributed by atoms with Gasteiger partial charge in [-0.2, -0.15) is 5.26 Å². The average Bonchev–Trinajstić information content (AvgIpc) is 2.52. The first-order valence-electron chi connectivity index (χ1n) is 7.19. The Morgan fingerprint density at radius 2 is 2.14 bits per heavy atom. The molecule has 1 fully saturated rings. The van der Waals surface area contributed by atoms with Crippen molar-refractivity contribution in [2.24, 2.45) is 0 Å². The first-order valence-corrected chi connectivity index (χ1v) is 7.19. The van der Waals surface area contributed by atoms with Gasteiger partial charge in [-0.1, -0.05) is 13.3 Å². The van der Waals surface area contributed by atoms with Gasteiger partial charge >= 0.3 is 0 Å². The zero-order valence-corrected chi connectivity index (χ0v) is 12.1. The second-order valence-corrected chi connectivity index (χ2v) is 5.15. The van der Waals surface area contributed by atoms with Gasteiger partial charge in [0.05, 0.1) is 23.9 Å². The fraction of sp³-hybridized carbons (Fsp3) is 0.533. The molecular formula is C15H19FN4O. The van der Waals surface area contributed by atoms with Gasteiger partial charge in [-0.25, -0.2) is 4.39 Å².